The molecule has 2 aliphatic heterocycles. The summed E-state index contributed by atoms with van der Waals surface area (Å²) in [6.07, 6.45) is 0. The minimum absolute atomic E-state index is 0.131. The van der Waals surface area contributed by atoms with E-state index in [9.17, 15) is 9.18 Å². The van der Waals surface area contributed by atoms with Crippen molar-refractivity contribution in [3.63, 3.8) is 0 Å². The third-order valence-corrected chi connectivity index (χ3v) is 6.04. The van der Waals surface area contributed by atoms with E-state index in [1.165, 1.54) is 12.1 Å². The van der Waals surface area contributed by atoms with E-state index in [-0.39, 0.29) is 24.1 Å². The van der Waals surface area contributed by atoms with Crippen LogP contribution >= 0.6 is 0 Å². The highest BCUT2D eigenvalue weighted by atomic mass is 19.1. The standard InChI is InChI=1S/C26H28FN3O5/c27-19-1-4-21(5-2-19)34-18-22-6-8-25(35-22)26(31)28-23-7-3-20(29-9-13-32-14-10-29)17-24(23)30-11-15-33-16-12-30/h1-8,17H,9-16,18H2,(H,28,31). The Kier molecular flexibility index (Phi) is 7.15. The number of carbonyl (C=O) groups is 1. The minimum atomic E-state index is -0.341. The quantitative estimate of drug-likeness (QED) is 0.548. The summed E-state index contributed by atoms with van der Waals surface area (Å²) in [5.41, 5.74) is 2.78. The zero-order valence-corrected chi connectivity index (χ0v) is 19.4. The lowest BCUT2D eigenvalue weighted by Crippen LogP contribution is -2.38. The fraction of sp³-hybridized carbons (Fsp3) is 0.346. The number of rotatable bonds is 7. The number of amides is 1. The first-order chi connectivity index (χ1) is 17.2. The van der Waals surface area contributed by atoms with Crippen LogP contribution in [0.4, 0.5) is 21.5 Å². The Morgan fingerprint density at radius 2 is 1.57 bits per heavy atom. The predicted molar refractivity (Wildman–Crippen MR) is 130 cm³/mol. The summed E-state index contributed by atoms with van der Waals surface area (Å²) < 4.78 is 35.4. The molecular weight excluding hydrogens is 453 g/mol. The summed E-state index contributed by atoms with van der Waals surface area (Å²) in [5, 5.41) is 3.01. The average molecular weight is 482 g/mol. The van der Waals surface area contributed by atoms with Crippen LogP contribution in [0.25, 0.3) is 0 Å². The van der Waals surface area contributed by atoms with Gasteiger partial charge in [0.1, 0.15) is 23.9 Å². The Morgan fingerprint density at radius 3 is 2.29 bits per heavy atom. The molecule has 0 saturated carbocycles. The molecule has 8 nitrogen and oxygen atoms in total. The van der Waals surface area contributed by atoms with E-state index in [1.807, 2.05) is 12.1 Å². The normalized spacial score (nSPS) is 16.3. The third kappa shape index (κ3) is 5.75. The summed E-state index contributed by atoms with van der Waals surface area (Å²) in [7, 11) is 0. The zero-order valence-electron chi connectivity index (χ0n) is 19.4. The van der Waals surface area contributed by atoms with Gasteiger partial charge in [-0.1, -0.05) is 0 Å². The number of carbonyl (C=O) groups excluding carboxylic acids is 1. The van der Waals surface area contributed by atoms with Crippen molar-refractivity contribution in [1.29, 1.82) is 0 Å². The van der Waals surface area contributed by atoms with E-state index in [0.717, 1.165) is 43.2 Å². The Balaban J connectivity index is 1.29. The van der Waals surface area contributed by atoms with Crippen LogP contribution in [0.2, 0.25) is 0 Å². The van der Waals surface area contributed by atoms with E-state index in [4.69, 9.17) is 18.6 Å². The molecule has 0 aliphatic carbocycles. The fourth-order valence-electron chi connectivity index (χ4n) is 4.16. The molecule has 9 heteroatoms. The van der Waals surface area contributed by atoms with Crippen molar-refractivity contribution in [3.8, 4) is 5.75 Å². The topological polar surface area (TPSA) is 76.4 Å². The van der Waals surface area contributed by atoms with Crippen LogP contribution in [-0.2, 0) is 16.1 Å². The highest BCUT2D eigenvalue weighted by Crippen LogP contribution is 2.32. The van der Waals surface area contributed by atoms with E-state index in [0.29, 0.717) is 37.9 Å². The van der Waals surface area contributed by atoms with Crippen LogP contribution < -0.4 is 19.9 Å². The molecule has 2 saturated heterocycles. The van der Waals surface area contributed by atoms with Gasteiger partial charge in [0.2, 0.25) is 0 Å². The van der Waals surface area contributed by atoms with Crippen LogP contribution in [0.5, 0.6) is 5.75 Å². The van der Waals surface area contributed by atoms with Gasteiger partial charge in [-0.05, 0) is 54.6 Å². The molecule has 3 heterocycles. The lowest BCUT2D eigenvalue weighted by atomic mass is 10.1. The van der Waals surface area contributed by atoms with Crippen molar-refractivity contribution in [2.45, 2.75) is 6.61 Å². The second-order valence-electron chi connectivity index (χ2n) is 8.36. The molecule has 2 aromatic carbocycles. The van der Waals surface area contributed by atoms with Crippen LogP contribution in [-0.4, -0.2) is 58.5 Å². The molecule has 0 spiro atoms. The summed E-state index contributed by atoms with van der Waals surface area (Å²) in [6.45, 7) is 6.00. The van der Waals surface area contributed by atoms with Crippen LogP contribution in [0.15, 0.2) is 59.0 Å². The van der Waals surface area contributed by atoms with Crippen molar-refractivity contribution >= 4 is 23.0 Å². The van der Waals surface area contributed by atoms with Gasteiger partial charge in [-0.2, -0.15) is 0 Å². The van der Waals surface area contributed by atoms with Gasteiger partial charge in [-0.25, -0.2) is 4.39 Å². The Hall–Kier alpha value is -3.56. The summed E-state index contributed by atoms with van der Waals surface area (Å²) in [5.74, 6) is 0.531. The largest absolute Gasteiger partial charge is 0.486 e. The molecule has 2 aliphatic rings. The van der Waals surface area contributed by atoms with E-state index in [2.05, 4.69) is 21.2 Å². The van der Waals surface area contributed by atoms with Crippen LogP contribution in [0.3, 0.4) is 0 Å². The molecule has 0 unspecified atom stereocenters. The van der Waals surface area contributed by atoms with Crippen molar-refractivity contribution in [1.82, 2.24) is 0 Å². The zero-order chi connectivity index (χ0) is 24.0. The molecule has 1 aromatic heterocycles. The van der Waals surface area contributed by atoms with Gasteiger partial charge in [-0.3, -0.25) is 4.79 Å². The number of hydrogen-bond donors (Lipinski definition) is 1. The number of anilines is 3. The number of halogens is 1. The Labute approximate surface area is 203 Å². The molecular formula is C26H28FN3O5. The van der Waals surface area contributed by atoms with Crippen molar-refractivity contribution in [2.24, 2.45) is 0 Å². The van der Waals surface area contributed by atoms with Crippen LogP contribution in [0, 0.1) is 5.82 Å². The first-order valence-electron chi connectivity index (χ1n) is 11.7. The SMILES string of the molecule is O=C(Nc1ccc(N2CCOCC2)cc1N1CCOCC1)c1ccc(COc2ccc(F)cc2)o1. The molecule has 1 amide bonds. The Morgan fingerprint density at radius 1 is 0.886 bits per heavy atom. The van der Waals surface area contributed by atoms with Gasteiger partial charge in [0.25, 0.3) is 5.91 Å². The third-order valence-electron chi connectivity index (χ3n) is 6.04. The number of nitrogens with zero attached hydrogens (tertiary/aromatic N) is 2. The smallest absolute Gasteiger partial charge is 0.291 e. The van der Waals surface area contributed by atoms with Crippen LogP contribution in [0.1, 0.15) is 16.3 Å². The van der Waals surface area contributed by atoms with Gasteiger partial charge < -0.3 is 33.7 Å². The molecule has 35 heavy (non-hydrogen) atoms. The lowest BCUT2D eigenvalue weighted by molar-refractivity contribution is 0.0992. The van der Waals surface area contributed by atoms with Gasteiger partial charge >= 0.3 is 0 Å². The van der Waals surface area contributed by atoms with E-state index in [1.54, 1.807) is 24.3 Å². The van der Waals surface area contributed by atoms with Gasteiger partial charge in [0.05, 0.1) is 37.8 Å². The number of morpholine rings is 2. The predicted octanol–water partition coefficient (Wildman–Crippen LogP) is 3.92. The van der Waals surface area contributed by atoms with Gasteiger partial charge in [-0.15, -0.1) is 0 Å². The molecule has 5 rings (SSSR count). The molecule has 3 aromatic rings. The maximum atomic E-state index is 13.0. The average Bonchev–Trinajstić information content (AvgIpc) is 3.39. The maximum Gasteiger partial charge on any atom is 0.291 e. The highest BCUT2D eigenvalue weighted by molar-refractivity contribution is 6.04. The molecule has 2 fully saturated rings. The van der Waals surface area contributed by atoms with Gasteiger partial charge in [0, 0.05) is 31.9 Å². The minimum Gasteiger partial charge on any atom is -0.486 e. The summed E-state index contributed by atoms with van der Waals surface area (Å²) >= 11 is 0. The number of benzene rings is 2. The fourth-order valence-corrected chi connectivity index (χ4v) is 4.16. The molecule has 0 atom stereocenters. The maximum absolute atomic E-state index is 13.0. The van der Waals surface area contributed by atoms with Crippen molar-refractivity contribution in [3.05, 3.63) is 71.9 Å². The number of nitrogens with one attached hydrogen (secondary N) is 1. The second-order valence-corrected chi connectivity index (χ2v) is 8.36. The van der Waals surface area contributed by atoms with Crippen molar-refractivity contribution in [2.75, 3.05) is 67.7 Å². The number of furan rings is 1. The lowest BCUT2D eigenvalue weighted by Gasteiger charge is -2.33. The number of ether oxygens (including phenoxy) is 3. The van der Waals surface area contributed by atoms with Crippen molar-refractivity contribution < 1.29 is 27.8 Å². The van der Waals surface area contributed by atoms with Gasteiger partial charge in [0.15, 0.2) is 5.76 Å². The second kappa shape index (κ2) is 10.8. The molecule has 0 bridgehead atoms. The summed E-state index contributed by atoms with van der Waals surface area (Å²) in [6, 6.07) is 15.1. The molecule has 1 N–H and O–H groups in total. The molecule has 184 valence electrons. The monoisotopic (exact) mass is 481 g/mol. The number of hydrogen-bond acceptors (Lipinski definition) is 7. The first kappa shape index (κ1) is 23.2. The molecule has 0 radical (unpaired) electrons. The Bertz CT molecular complexity index is 1140. The summed E-state index contributed by atoms with van der Waals surface area (Å²) in [4.78, 5) is 17.5. The van der Waals surface area contributed by atoms with E-state index >= 15 is 0 Å². The highest BCUT2D eigenvalue weighted by Gasteiger charge is 2.21. The van der Waals surface area contributed by atoms with E-state index < -0.39 is 0 Å². The first-order valence-corrected chi connectivity index (χ1v) is 11.7.